The molecule has 2 saturated heterocycles. The molecule has 0 N–H and O–H groups in total. The molecule has 0 aliphatic carbocycles. The molecular weight excluding hydrogens is 376 g/mol. The topological polar surface area (TPSA) is 56.8 Å². The lowest BCUT2D eigenvalue weighted by atomic mass is 9.94. The number of anilines is 1. The molecule has 2 fully saturated rings. The summed E-state index contributed by atoms with van der Waals surface area (Å²) in [6.45, 7) is 6.40. The first kappa shape index (κ1) is 20.5. The van der Waals surface area contributed by atoms with Crippen LogP contribution in [0.2, 0.25) is 0 Å². The zero-order valence-electron chi connectivity index (χ0n) is 17.4. The average molecular weight is 407 g/mol. The summed E-state index contributed by atoms with van der Waals surface area (Å²) in [5, 5.41) is 0. The Morgan fingerprint density at radius 2 is 1.60 bits per heavy atom. The first-order chi connectivity index (χ1) is 14.7. The fraction of sp³-hybridized carbons (Fsp3) is 0.458. The Kier molecular flexibility index (Phi) is 6.74. The predicted octanol–water partition coefficient (Wildman–Crippen LogP) is 2.50. The van der Waals surface area contributed by atoms with Crippen molar-refractivity contribution in [3.05, 3.63) is 59.9 Å². The van der Waals surface area contributed by atoms with Crippen LogP contribution in [0, 0.1) is 5.92 Å². The van der Waals surface area contributed by atoms with Gasteiger partial charge in [-0.2, -0.15) is 0 Å². The lowest BCUT2D eigenvalue weighted by molar-refractivity contribution is -0.138. The van der Waals surface area contributed by atoms with E-state index >= 15 is 0 Å². The van der Waals surface area contributed by atoms with E-state index in [-0.39, 0.29) is 5.92 Å². The molecule has 0 atom stereocenters. The van der Waals surface area contributed by atoms with Gasteiger partial charge >= 0.3 is 0 Å². The number of hydrogen-bond acceptors (Lipinski definition) is 5. The molecule has 0 radical (unpaired) electrons. The SMILES string of the molecule is O=Cc1ccc(N2CCC(C(=O)N3CCN(CCc4ccncc4)CC3)CC2)cc1. The van der Waals surface area contributed by atoms with Crippen LogP contribution in [-0.4, -0.2) is 72.8 Å². The Hall–Kier alpha value is -2.73. The van der Waals surface area contributed by atoms with Gasteiger partial charge in [0.2, 0.25) is 5.91 Å². The number of benzene rings is 1. The number of aromatic nitrogens is 1. The molecule has 0 spiro atoms. The average Bonchev–Trinajstić information content (AvgIpc) is 2.83. The van der Waals surface area contributed by atoms with Crippen molar-refractivity contribution in [3.63, 3.8) is 0 Å². The van der Waals surface area contributed by atoms with Crippen LogP contribution in [0.4, 0.5) is 5.69 Å². The van der Waals surface area contributed by atoms with E-state index in [1.807, 2.05) is 36.7 Å². The predicted molar refractivity (Wildman–Crippen MR) is 118 cm³/mol. The van der Waals surface area contributed by atoms with Crippen LogP contribution in [0.1, 0.15) is 28.8 Å². The molecule has 4 rings (SSSR count). The van der Waals surface area contributed by atoms with Crippen molar-refractivity contribution >= 4 is 17.9 Å². The van der Waals surface area contributed by atoms with Gasteiger partial charge in [0.05, 0.1) is 0 Å². The van der Waals surface area contributed by atoms with Crippen LogP contribution < -0.4 is 4.90 Å². The molecule has 1 amide bonds. The monoisotopic (exact) mass is 406 g/mol. The van der Waals surface area contributed by atoms with Gasteiger partial charge in [-0.15, -0.1) is 0 Å². The summed E-state index contributed by atoms with van der Waals surface area (Å²) in [7, 11) is 0. The van der Waals surface area contributed by atoms with Crippen LogP contribution >= 0.6 is 0 Å². The van der Waals surface area contributed by atoms with Gasteiger partial charge in [-0.25, -0.2) is 0 Å². The number of nitrogens with zero attached hydrogens (tertiary/aromatic N) is 4. The number of aldehydes is 1. The third-order valence-electron chi connectivity index (χ3n) is 6.39. The molecule has 3 heterocycles. The van der Waals surface area contributed by atoms with E-state index < -0.39 is 0 Å². The van der Waals surface area contributed by atoms with Crippen molar-refractivity contribution in [1.82, 2.24) is 14.8 Å². The van der Waals surface area contributed by atoms with Gasteiger partial charge in [0.25, 0.3) is 0 Å². The molecule has 1 aromatic carbocycles. The first-order valence-corrected chi connectivity index (χ1v) is 10.9. The third-order valence-corrected chi connectivity index (χ3v) is 6.39. The summed E-state index contributed by atoms with van der Waals surface area (Å²) in [4.78, 5) is 34.7. The molecule has 1 aromatic heterocycles. The highest BCUT2D eigenvalue weighted by atomic mass is 16.2. The number of carbonyl (C=O) groups is 2. The highest BCUT2D eigenvalue weighted by Gasteiger charge is 2.30. The lowest BCUT2D eigenvalue weighted by Crippen LogP contribution is -2.51. The van der Waals surface area contributed by atoms with Crippen molar-refractivity contribution in [1.29, 1.82) is 0 Å². The summed E-state index contributed by atoms with van der Waals surface area (Å²) < 4.78 is 0. The lowest BCUT2D eigenvalue weighted by Gasteiger charge is -2.39. The van der Waals surface area contributed by atoms with Crippen molar-refractivity contribution in [3.8, 4) is 0 Å². The van der Waals surface area contributed by atoms with Gasteiger partial charge in [0.15, 0.2) is 0 Å². The van der Waals surface area contributed by atoms with Crippen molar-refractivity contribution in [2.45, 2.75) is 19.3 Å². The van der Waals surface area contributed by atoms with Crippen molar-refractivity contribution < 1.29 is 9.59 Å². The second-order valence-electron chi connectivity index (χ2n) is 8.24. The zero-order valence-corrected chi connectivity index (χ0v) is 17.4. The van der Waals surface area contributed by atoms with E-state index in [1.165, 1.54) is 5.56 Å². The number of carbonyl (C=O) groups excluding carboxylic acids is 2. The maximum atomic E-state index is 13.0. The molecule has 0 unspecified atom stereocenters. The van der Waals surface area contributed by atoms with Crippen molar-refractivity contribution in [2.24, 2.45) is 5.92 Å². The maximum absolute atomic E-state index is 13.0. The highest BCUT2D eigenvalue weighted by molar-refractivity contribution is 5.79. The molecule has 2 aliphatic heterocycles. The van der Waals surface area contributed by atoms with Gasteiger partial charge in [-0.3, -0.25) is 19.5 Å². The van der Waals surface area contributed by atoms with Crippen LogP contribution in [0.3, 0.4) is 0 Å². The summed E-state index contributed by atoms with van der Waals surface area (Å²) in [6.07, 6.45) is 7.39. The standard InChI is InChI=1S/C24H30N4O2/c29-19-21-1-3-23(4-2-21)27-13-8-22(9-14-27)24(30)28-17-15-26(16-18-28)12-7-20-5-10-25-11-6-20/h1-6,10-11,19,22H,7-9,12-18H2. The number of piperazine rings is 1. The van der Waals surface area contributed by atoms with Gasteiger partial charge in [0.1, 0.15) is 6.29 Å². The van der Waals surface area contributed by atoms with Gasteiger partial charge in [0, 0.05) is 75.4 Å². The minimum Gasteiger partial charge on any atom is -0.371 e. The quantitative estimate of drug-likeness (QED) is 0.690. The molecule has 2 aliphatic rings. The van der Waals surface area contributed by atoms with Crippen molar-refractivity contribution in [2.75, 3.05) is 50.7 Å². The smallest absolute Gasteiger partial charge is 0.225 e. The van der Waals surface area contributed by atoms with E-state index in [2.05, 4.69) is 31.8 Å². The van der Waals surface area contributed by atoms with Gasteiger partial charge < -0.3 is 9.80 Å². The minimum absolute atomic E-state index is 0.138. The number of hydrogen-bond donors (Lipinski definition) is 0. The Bertz CT molecular complexity index is 824. The van der Waals surface area contributed by atoms with Crippen LogP contribution in [0.25, 0.3) is 0 Å². The number of pyridine rings is 1. The van der Waals surface area contributed by atoms with Crippen LogP contribution in [0.15, 0.2) is 48.8 Å². The zero-order chi connectivity index (χ0) is 20.8. The Morgan fingerprint density at radius 3 is 2.23 bits per heavy atom. The van der Waals surface area contributed by atoms with Gasteiger partial charge in [-0.1, -0.05) is 0 Å². The fourth-order valence-electron chi connectivity index (χ4n) is 4.44. The summed E-state index contributed by atoms with van der Waals surface area (Å²) in [5.74, 6) is 0.471. The summed E-state index contributed by atoms with van der Waals surface area (Å²) in [6, 6.07) is 11.8. The molecule has 0 saturated carbocycles. The van der Waals surface area contributed by atoms with E-state index in [4.69, 9.17) is 0 Å². The van der Waals surface area contributed by atoms with E-state index in [0.717, 1.165) is 77.0 Å². The summed E-state index contributed by atoms with van der Waals surface area (Å²) in [5.41, 5.74) is 3.15. The number of amides is 1. The van der Waals surface area contributed by atoms with E-state index in [0.29, 0.717) is 11.5 Å². The minimum atomic E-state index is 0.138. The Balaban J connectivity index is 1.20. The first-order valence-electron chi connectivity index (χ1n) is 10.9. The van der Waals surface area contributed by atoms with Crippen LogP contribution in [0.5, 0.6) is 0 Å². The second-order valence-corrected chi connectivity index (χ2v) is 8.24. The Morgan fingerprint density at radius 1 is 0.933 bits per heavy atom. The summed E-state index contributed by atoms with van der Waals surface area (Å²) >= 11 is 0. The molecule has 2 aromatic rings. The van der Waals surface area contributed by atoms with E-state index in [1.54, 1.807) is 0 Å². The molecule has 6 nitrogen and oxygen atoms in total. The fourth-order valence-corrected chi connectivity index (χ4v) is 4.44. The largest absolute Gasteiger partial charge is 0.371 e. The molecule has 6 heteroatoms. The van der Waals surface area contributed by atoms with E-state index in [9.17, 15) is 9.59 Å². The second kappa shape index (κ2) is 9.85. The molecular formula is C24H30N4O2. The highest BCUT2D eigenvalue weighted by Crippen LogP contribution is 2.25. The Labute approximate surface area is 178 Å². The third kappa shape index (κ3) is 5.05. The maximum Gasteiger partial charge on any atom is 0.225 e. The molecule has 158 valence electrons. The normalized spacial score (nSPS) is 18.4. The number of piperidine rings is 1. The molecule has 0 bridgehead atoms. The van der Waals surface area contributed by atoms with Gasteiger partial charge in [-0.05, 0) is 61.2 Å². The van der Waals surface area contributed by atoms with Crippen LogP contribution in [-0.2, 0) is 11.2 Å². The molecule has 30 heavy (non-hydrogen) atoms. The number of rotatable bonds is 6.